The highest BCUT2D eigenvalue weighted by Crippen LogP contribution is 2.35. The topological polar surface area (TPSA) is 18.5 Å². The molecule has 1 aromatic carbocycles. The van der Waals surface area contributed by atoms with Crippen molar-refractivity contribution in [1.82, 2.24) is 0 Å². The van der Waals surface area contributed by atoms with Crippen LogP contribution in [0.4, 0.5) is 22.0 Å². The third-order valence-electron chi connectivity index (χ3n) is 1.67. The molecule has 0 aromatic heterocycles. The number of benzene rings is 1. The predicted octanol–water partition coefficient (Wildman–Crippen LogP) is 3.53. The Balaban J connectivity index is 3.07. The van der Waals surface area contributed by atoms with Crippen molar-refractivity contribution in [3.05, 3.63) is 23.8 Å². The number of halogens is 5. The molecule has 16 heavy (non-hydrogen) atoms. The van der Waals surface area contributed by atoms with Gasteiger partial charge in [-0.3, -0.25) is 0 Å². The Morgan fingerprint density at radius 1 is 1.12 bits per heavy atom. The van der Waals surface area contributed by atoms with E-state index in [9.17, 15) is 22.0 Å². The maximum atomic E-state index is 12.2. The summed E-state index contributed by atoms with van der Waals surface area (Å²) < 4.78 is 68.4. The van der Waals surface area contributed by atoms with E-state index in [1.807, 2.05) is 0 Å². The second-order valence-electron chi connectivity index (χ2n) is 2.76. The van der Waals surface area contributed by atoms with E-state index in [1.54, 1.807) is 0 Å². The Bertz CT molecular complexity index is 361. The van der Waals surface area contributed by atoms with Crippen molar-refractivity contribution in [2.24, 2.45) is 0 Å². The molecule has 0 atom stereocenters. The highest BCUT2D eigenvalue weighted by atomic mass is 19.4. The highest BCUT2D eigenvalue weighted by molar-refractivity contribution is 5.43. The van der Waals surface area contributed by atoms with Gasteiger partial charge in [-0.1, -0.05) is 0 Å². The molecule has 90 valence electrons. The first-order valence-electron chi connectivity index (χ1n) is 4.05. The number of ether oxygens (including phenoxy) is 2. The van der Waals surface area contributed by atoms with E-state index in [1.165, 1.54) is 0 Å². The van der Waals surface area contributed by atoms with Crippen LogP contribution in [-0.4, -0.2) is 13.5 Å². The molecule has 0 bridgehead atoms. The summed E-state index contributed by atoms with van der Waals surface area (Å²) in [5.41, 5.74) is -0.569. The fraction of sp³-hybridized carbons (Fsp3) is 0.333. The van der Waals surface area contributed by atoms with Gasteiger partial charge in [-0.15, -0.1) is 13.2 Å². The Morgan fingerprint density at radius 2 is 1.75 bits per heavy atom. The predicted molar refractivity (Wildman–Crippen MR) is 44.6 cm³/mol. The van der Waals surface area contributed by atoms with E-state index >= 15 is 0 Å². The Hall–Kier alpha value is -1.53. The lowest BCUT2D eigenvalue weighted by molar-refractivity contribution is -0.275. The van der Waals surface area contributed by atoms with Gasteiger partial charge in [0.1, 0.15) is 0 Å². The van der Waals surface area contributed by atoms with E-state index in [2.05, 4.69) is 9.47 Å². The van der Waals surface area contributed by atoms with Crippen LogP contribution in [-0.2, 0) is 0 Å². The first-order valence-corrected chi connectivity index (χ1v) is 4.05. The van der Waals surface area contributed by atoms with Crippen molar-refractivity contribution in [3.8, 4) is 11.5 Å². The molecule has 0 aliphatic carbocycles. The maximum Gasteiger partial charge on any atom is 0.573 e. The lowest BCUT2D eigenvalue weighted by atomic mass is 10.2. The SMILES string of the molecule is COc1ccc(C(F)F)cc1OC(F)(F)F. The summed E-state index contributed by atoms with van der Waals surface area (Å²) >= 11 is 0. The Kier molecular flexibility index (Phi) is 3.56. The minimum absolute atomic E-state index is 0.262. The molecule has 0 fully saturated rings. The summed E-state index contributed by atoms with van der Waals surface area (Å²) in [4.78, 5) is 0. The van der Waals surface area contributed by atoms with E-state index in [0.717, 1.165) is 19.2 Å². The van der Waals surface area contributed by atoms with Crippen LogP contribution in [0.2, 0.25) is 0 Å². The summed E-state index contributed by atoms with van der Waals surface area (Å²) in [7, 11) is 1.11. The van der Waals surface area contributed by atoms with Crippen molar-refractivity contribution in [1.29, 1.82) is 0 Å². The number of hydrogen-bond acceptors (Lipinski definition) is 2. The van der Waals surface area contributed by atoms with Crippen LogP contribution >= 0.6 is 0 Å². The molecule has 0 unspecified atom stereocenters. The smallest absolute Gasteiger partial charge is 0.493 e. The average Bonchev–Trinajstić information content (AvgIpc) is 2.15. The van der Waals surface area contributed by atoms with Gasteiger partial charge in [0.05, 0.1) is 7.11 Å². The quantitative estimate of drug-likeness (QED) is 0.755. The molecule has 0 spiro atoms. The summed E-state index contributed by atoms with van der Waals surface area (Å²) in [6.07, 6.45) is -7.82. The second-order valence-corrected chi connectivity index (χ2v) is 2.76. The zero-order valence-corrected chi connectivity index (χ0v) is 8.02. The normalized spacial score (nSPS) is 11.7. The number of methoxy groups -OCH3 is 1. The van der Waals surface area contributed by atoms with Crippen LogP contribution in [0.15, 0.2) is 18.2 Å². The van der Waals surface area contributed by atoms with Gasteiger partial charge >= 0.3 is 6.36 Å². The van der Waals surface area contributed by atoms with Gasteiger partial charge in [-0.2, -0.15) is 0 Å². The molecular formula is C9H7F5O2. The van der Waals surface area contributed by atoms with Crippen LogP contribution in [0.5, 0.6) is 11.5 Å². The van der Waals surface area contributed by atoms with Crippen LogP contribution in [0, 0.1) is 0 Å². The number of alkyl halides is 5. The van der Waals surface area contributed by atoms with Gasteiger partial charge in [0.25, 0.3) is 6.43 Å². The summed E-state index contributed by atoms with van der Waals surface area (Å²) in [6.45, 7) is 0. The van der Waals surface area contributed by atoms with Crippen LogP contribution in [0.1, 0.15) is 12.0 Å². The third kappa shape index (κ3) is 3.25. The van der Waals surface area contributed by atoms with Crippen molar-refractivity contribution < 1.29 is 31.4 Å². The van der Waals surface area contributed by atoms with Gasteiger partial charge in [0.15, 0.2) is 11.5 Å². The molecule has 1 aromatic rings. The zero-order chi connectivity index (χ0) is 12.3. The first-order chi connectivity index (χ1) is 7.33. The van der Waals surface area contributed by atoms with Gasteiger partial charge in [-0.05, 0) is 18.2 Å². The first kappa shape index (κ1) is 12.5. The van der Waals surface area contributed by atoms with Crippen molar-refractivity contribution in [2.75, 3.05) is 7.11 Å². The summed E-state index contributed by atoms with van der Waals surface area (Å²) in [5, 5.41) is 0. The lowest BCUT2D eigenvalue weighted by Crippen LogP contribution is -2.17. The molecule has 2 nitrogen and oxygen atoms in total. The van der Waals surface area contributed by atoms with Crippen molar-refractivity contribution in [3.63, 3.8) is 0 Å². The molecule has 0 saturated carbocycles. The third-order valence-corrected chi connectivity index (χ3v) is 1.67. The molecular weight excluding hydrogens is 235 g/mol. The van der Waals surface area contributed by atoms with Gasteiger partial charge in [-0.25, -0.2) is 8.78 Å². The van der Waals surface area contributed by atoms with E-state index in [4.69, 9.17) is 0 Å². The lowest BCUT2D eigenvalue weighted by Gasteiger charge is -2.13. The minimum Gasteiger partial charge on any atom is -0.493 e. The van der Waals surface area contributed by atoms with Crippen LogP contribution in [0.3, 0.4) is 0 Å². The minimum atomic E-state index is -4.95. The molecule has 0 aliphatic rings. The standard InChI is InChI=1S/C9H7F5O2/c1-15-6-3-2-5(8(10)11)4-7(6)16-9(12,13)14/h2-4,8H,1H3. The molecule has 0 amide bonds. The maximum absolute atomic E-state index is 12.2. The molecule has 0 N–H and O–H groups in total. The highest BCUT2D eigenvalue weighted by Gasteiger charge is 2.32. The van der Waals surface area contributed by atoms with E-state index < -0.39 is 24.1 Å². The Morgan fingerprint density at radius 3 is 2.19 bits per heavy atom. The van der Waals surface area contributed by atoms with Crippen LogP contribution in [0.25, 0.3) is 0 Å². The molecule has 7 heteroatoms. The molecule has 0 heterocycles. The largest absolute Gasteiger partial charge is 0.573 e. The number of hydrogen-bond donors (Lipinski definition) is 0. The van der Waals surface area contributed by atoms with Gasteiger partial charge in [0, 0.05) is 5.56 Å². The molecule has 0 saturated heterocycles. The number of rotatable bonds is 3. The second kappa shape index (κ2) is 4.54. The van der Waals surface area contributed by atoms with E-state index in [-0.39, 0.29) is 5.75 Å². The molecule has 1 rings (SSSR count). The van der Waals surface area contributed by atoms with E-state index in [0.29, 0.717) is 6.07 Å². The van der Waals surface area contributed by atoms with Crippen LogP contribution < -0.4 is 9.47 Å². The van der Waals surface area contributed by atoms with Gasteiger partial charge < -0.3 is 9.47 Å². The fourth-order valence-electron chi connectivity index (χ4n) is 1.03. The summed E-state index contributed by atoms with van der Waals surface area (Å²) in [5.74, 6) is -1.05. The fourth-order valence-corrected chi connectivity index (χ4v) is 1.03. The molecule has 0 radical (unpaired) electrons. The average molecular weight is 242 g/mol. The Labute approximate surface area is 87.6 Å². The van der Waals surface area contributed by atoms with Gasteiger partial charge in [0.2, 0.25) is 0 Å². The summed E-state index contributed by atoms with van der Waals surface area (Å²) in [6, 6.07) is 2.55. The zero-order valence-electron chi connectivity index (χ0n) is 8.02. The van der Waals surface area contributed by atoms with Crippen molar-refractivity contribution in [2.45, 2.75) is 12.8 Å². The molecule has 0 aliphatic heterocycles. The monoisotopic (exact) mass is 242 g/mol. The van der Waals surface area contributed by atoms with Crippen molar-refractivity contribution >= 4 is 0 Å².